The zero-order valence-corrected chi connectivity index (χ0v) is 13.3. The lowest BCUT2D eigenvalue weighted by Gasteiger charge is -2.24. The molecular formula is C17H20N2O3. The number of hydrogen-bond donors (Lipinski definition) is 0. The van der Waals surface area contributed by atoms with Crippen molar-refractivity contribution < 1.29 is 14.2 Å². The number of nitrogens with zero attached hydrogens (tertiary/aromatic N) is 2. The Morgan fingerprint density at radius 2 is 1.68 bits per heavy atom. The first-order valence-electron chi connectivity index (χ1n) is 7.22. The lowest BCUT2D eigenvalue weighted by Crippen LogP contribution is -2.16. The molecule has 22 heavy (non-hydrogen) atoms. The van der Waals surface area contributed by atoms with Gasteiger partial charge >= 0.3 is 0 Å². The Kier molecular flexibility index (Phi) is 3.79. The van der Waals surface area contributed by atoms with E-state index in [0.717, 1.165) is 30.2 Å². The molecule has 1 aromatic heterocycles. The van der Waals surface area contributed by atoms with Crippen molar-refractivity contribution in [2.24, 2.45) is 0 Å². The number of benzene rings is 1. The van der Waals surface area contributed by atoms with Crippen LogP contribution in [0.4, 0.5) is 11.5 Å². The van der Waals surface area contributed by atoms with Crippen LogP contribution in [0, 0.1) is 6.92 Å². The van der Waals surface area contributed by atoms with Gasteiger partial charge in [-0.15, -0.1) is 0 Å². The second-order valence-corrected chi connectivity index (χ2v) is 5.22. The highest BCUT2D eigenvalue weighted by Gasteiger charge is 2.28. The van der Waals surface area contributed by atoms with Gasteiger partial charge in [-0.3, -0.25) is 0 Å². The van der Waals surface area contributed by atoms with E-state index in [1.807, 2.05) is 25.1 Å². The third-order valence-electron chi connectivity index (χ3n) is 3.91. The molecule has 1 aromatic carbocycles. The SMILES string of the molecule is COc1cc(OC)c(N2CCc3ccc(C)nc32)c(OC)c1. The van der Waals surface area contributed by atoms with Crippen LogP contribution < -0.4 is 19.1 Å². The first kappa shape index (κ1) is 14.5. The Morgan fingerprint density at radius 1 is 1.00 bits per heavy atom. The van der Waals surface area contributed by atoms with Crippen molar-refractivity contribution in [2.45, 2.75) is 13.3 Å². The van der Waals surface area contributed by atoms with Crippen LogP contribution in [0.1, 0.15) is 11.3 Å². The van der Waals surface area contributed by atoms with Crippen LogP contribution in [-0.2, 0) is 6.42 Å². The molecule has 0 spiro atoms. The van der Waals surface area contributed by atoms with Gasteiger partial charge in [-0.05, 0) is 25.0 Å². The van der Waals surface area contributed by atoms with Crippen molar-refractivity contribution in [3.8, 4) is 17.2 Å². The van der Waals surface area contributed by atoms with E-state index in [-0.39, 0.29) is 0 Å². The molecule has 1 aliphatic rings. The summed E-state index contributed by atoms with van der Waals surface area (Å²) < 4.78 is 16.4. The van der Waals surface area contributed by atoms with E-state index >= 15 is 0 Å². The van der Waals surface area contributed by atoms with E-state index in [4.69, 9.17) is 14.2 Å². The van der Waals surface area contributed by atoms with Gasteiger partial charge in [0.25, 0.3) is 0 Å². The summed E-state index contributed by atoms with van der Waals surface area (Å²) in [7, 11) is 4.93. The summed E-state index contributed by atoms with van der Waals surface area (Å²) in [5, 5.41) is 0. The number of rotatable bonds is 4. The Morgan fingerprint density at radius 3 is 2.27 bits per heavy atom. The number of fused-ring (bicyclic) bond motifs is 1. The average Bonchev–Trinajstić information content (AvgIpc) is 2.95. The topological polar surface area (TPSA) is 43.8 Å². The predicted octanol–water partition coefficient (Wildman–Crippen LogP) is 3.11. The Bertz CT molecular complexity index is 675. The van der Waals surface area contributed by atoms with Crippen molar-refractivity contribution >= 4 is 11.5 Å². The molecule has 1 aliphatic heterocycles. The molecule has 2 aromatic rings. The summed E-state index contributed by atoms with van der Waals surface area (Å²) in [5.74, 6) is 3.11. The molecule has 0 fully saturated rings. The molecule has 0 unspecified atom stereocenters. The second-order valence-electron chi connectivity index (χ2n) is 5.22. The largest absolute Gasteiger partial charge is 0.496 e. The number of aryl methyl sites for hydroxylation is 1. The summed E-state index contributed by atoms with van der Waals surface area (Å²) in [6, 6.07) is 7.92. The number of methoxy groups -OCH3 is 3. The third kappa shape index (κ3) is 2.32. The molecule has 0 atom stereocenters. The summed E-state index contributed by atoms with van der Waals surface area (Å²) in [4.78, 5) is 6.84. The maximum atomic E-state index is 5.56. The number of hydrogen-bond acceptors (Lipinski definition) is 5. The average molecular weight is 300 g/mol. The summed E-state index contributed by atoms with van der Waals surface area (Å²) in [6.07, 6.45) is 0.959. The molecule has 0 saturated carbocycles. The minimum absolute atomic E-state index is 0.703. The summed E-state index contributed by atoms with van der Waals surface area (Å²) in [6.45, 7) is 2.85. The van der Waals surface area contributed by atoms with Crippen molar-refractivity contribution in [3.63, 3.8) is 0 Å². The Hall–Kier alpha value is -2.43. The number of aromatic nitrogens is 1. The van der Waals surface area contributed by atoms with Crippen LogP contribution in [0.25, 0.3) is 0 Å². The first-order chi connectivity index (χ1) is 10.7. The molecule has 5 nitrogen and oxygen atoms in total. The van der Waals surface area contributed by atoms with Gasteiger partial charge in [0.2, 0.25) is 0 Å². The van der Waals surface area contributed by atoms with Crippen molar-refractivity contribution in [3.05, 3.63) is 35.5 Å². The minimum Gasteiger partial charge on any atom is -0.496 e. The lowest BCUT2D eigenvalue weighted by molar-refractivity contribution is 0.376. The zero-order chi connectivity index (χ0) is 15.7. The summed E-state index contributed by atoms with van der Waals surface area (Å²) >= 11 is 0. The molecule has 3 rings (SSSR count). The molecule has 0 saturated heterocycles. The maximum absolute atomic E-state index is 5.56. The van der Waals surface area contributed by atoms with Crippen molar-refractivity contribution in [2.75, 3.05) is 32.8 Å². The van der Waals surface area contributed by atoms with Crippen molar-refractivity contribution in [1.82, 2.24) is 4.98 Å². The standard InChI is InChI=1S/C17H20N2O3/c1-11-5-6-12-7-8-19(17(12)18-11)16-14(21-3)9-13(20-2)10-15(16)22-4/h5-6,9-10H,7-8H2,1-4H3. The predicted molar refractivity (Wildman–Crippen MR) is 85.8 cm³/mol. The van der Waals surface area contributed by atoms with E-state index in [2.05, 4.69) is 16.0 Å². The highest BCUT2D eigenvalue weighted by Crippen LogP contribution is 2.46. The molecular weight excluding hydrogens is 280 g/mol. The smallest absolute Gasteiger partial charge is 0.150 e. The Balaban J connectivity index is 2.15. The van der Waals surface area contributed by atoms with Crippen LogP contribution >= 0.6 is 0 Å². The molecule has 0 radical (unpaired) electrons. The fourth-order valence-corrected chi connectivity index (χ4v) is 2.81. The molecule has 5 heteroatoms. The zero-order valence-electron chi connectivity index (χ0n) is 13.3. The molecule has 116 valence electrons. The normalized spacial score (nSPS) is 13.0. The second kappa shape index (κ2) is 5.75. The van der Waals surface area contributed by atoms with Crippen molar-refractivity contribution in [1.29, 1.82) is 0 Å². The van der Waals surface area contributed by atoms with E-state index in [0.29, 0.717) is 17.2 Å². The van der Waals surface area contributed by atoms with Crippen LogP contribution in [-0.4, -0.2) is 32.9 Å². The van der Waals surface area contributed by atoms with E-state index in [9.17, 15) is 0 Å². The quantitative estimate of drug-likeness (QED) is 0.868. The maximum Gasteiger partial charge on any atom is 0.150 e. The van der Waals surface area contributed by atoms with Gasteiger partial charge < -0.3 is 19.1 Å². The molecule has 0 N–H and O–H groups in total. The minimum atomic E-state index is 0.703. The summed E-state index contributed by atoms with van der Waals surface area (Å²) in [5.41, 5.74) is 3.13. The number of anilines is 2. The third-order valence-corrected chi connectivity index (χ3v) is 3.91. The van der Waals surface area contributed by atoms with Crippen LogP contribution in [0.3, 0.4) is 0 Å². The number of ether oxygens (including phenoxy) is 3. The fraction of sp³-hybridized carbons (Fsp3) is 0.353. The van der Waals surface area contributed by atoms with Gasteiger partial charge in [0, 0.05) is 24.4 Å². The van der Waals surface area contributed by atoms with Crippen LogP contribution in [0.2, 0.25) is 0 Å². The molecule has 0 bridgehead atoms. The molecule has 2 heterocycles. The van der Waals surface area contributed by atoms with E-state index in [1.54, 1.807) is 21.3 Å². The van der Waals surface area contributed by atoms with E-state index in [1.165, 1.54) is 5.56 Å². The first-order valence-corrected chi connectivity index (χ1v) is 7.22. The lowest BCUT2D eigenvalue weighted by atomic mass is 10.2. The van der Waals surface area contributed by atoms with E-state index < -0.39 is 0 Å². The van der Waals surface area contributed by atoms with Crippen LogP contribution in [0.5, 0.6) is 17.2 Å². The monoisotopic (exact) mass is 300 g/mol. The molecule has 0 amide bonds. The fourth-order valence-electron chi connectivity index (χ4n) is 2.81. The van der Waals surface area contributed by atoms with Gasteiger partial charge in [-0.2, -0.15) is 0 Å². The van der Waals surface area contributed by atoms with Gasteiger partial charge in [0.15, 0.2) is 0 Å². The van der Waals surface area contributed by atoms with Gasteiger partial charge in [0.1, 0.15) is 28.8 Å². The molecule has 0 aliphatic carbocycles. The Labute approximate surface area is 130 Å². The van der Waals surface area contributed by atoms with Crippen LogP contribution in [0.15, 0.2) is 24.3 Å². The highest BCUT2D eigenvalue weighted by molar-refractivity contribution is 5.78. The van der Waals surface area contributed by atoms with Gasteiger partial charge in [0.05, 0.1) is 21.3 Å². The van der Waals surface area contributed by atoms with Gasteiger partial charge in [-0.25, -0.2) is 4.98 Å². The van der Waals surface area contributed by atoms with Gasteiger partial charge in [-0.1, -0.05) is 6.07 Å². The highest BCUT2D eigenvalue weighted by atomic mass is 16.5. The number of pyridine rings is 1.